The third-order valence-electron chi connectivity index (χ3n) is 1.73. The molecule has 1 unspecified atom stereocenters. The number of hydrogen-bond acceptors (Lipinski definition) is 1. The molecule has 0 bridgehead atoms. The molecule has 0 spiro atoms. The van der Waals surface area contributed by atoms with Gasteiger partial charge in [0.25, 0.3) is 0 Å². The van der Waals surface area contributed by atoms with Gasteiger partial charge in [-0.3, -0.25) is 0 Å². The minimum absolute atomic E-state index is 0.344. The number of halogens is 1. The standard InChI is InChI=1S/C9H11FN2O/c1-6(12-9(11)13)7-4-2-3-5-8(7)10/h2-6H,1H3,(H3,11,12,13). The zero-order valence-corrected chi connectivity index (χ0v) is 7.25. The second-order valence-electron chi connectivity index (χ2n) is 2.75. The summed E-state index contributed by atoms with van der Waals surface area (Å²) in [5.74, 6) is -0.344. The molecule has 0 radical (unpaired) electrons. The molecule has 3 nitrogen and oxygen atoms in total. The van der Waals surface area contributed by atoms with E-state index < -0.39 is 12.1 Å². The first-order valence-electron chi connectivity index (χ1n) is 3.91. The number of hydrogen-bond donors (Lipinski definition) is 2. The molecule has 0 heterocycles. The normalized spacial score (nSPS) is 12.2. The third kappa shape index (κ3) is 2.43. The van der Waals surface area contributed by atoms with Crippen molar-refractivity contribution in [3.63, 3.8) is 0 Å². The molecular formula is C9H11FN2O. The van der Waals surface area contributed by atoms with Crippen LogP contribution in [0.15, 0.2) is 24.3 Å². The number of amides is 2. The molecule has 1 aromatic carbocycles. The van der Waals surface area contributed by atoms with Crippen LogP contribution in [0.25, 0.3) is 0 Å². The van der Waals surface area contributed by atoms with Crippen LogP contribution in [-0.2, 0) is 0 Å². The van der Waals surface area contributed by atoms with Crippen LogP contribution in [0.5, 0.6) is 0 Å². The van der Waals surface area contributed by atoms with Crippen LogP contribution < -0.4 is 11.1 Å². The molecule has 2 amide bonds. The average molecular weight is 182 g/mol. The van der Waals surface area contributed by atoms with Crippen LogP contribution >= 0.6 is 0 Å². The van der Waals surface area contributed by atoms with Crippen molar-refractivity contribution in [1.29, 1.82) is 0 Å². The highest BCUT2D eigenvalue weighted by atomic mass is 19.1. The number of carbonyl (C=O) groups excluding carboxylic acids is 1. The third-order valence-corrected chi connectivity index (χ3v) is 1.73. The van der Waals surface area contributed by atoms with Gasteiger partial charge < -0.3 is 11.1 Å². The molecule has 3 N–H and O–H groups in total. The summed E-state index contributed by atoms with van der Waals surface area (Å²) in [6.07, 6.45) is 0. The molecule has 1 rings (SSSR count). The van der Waals surface area contributed by atoms with E-state index >= 15 is 0 Å². The summed E-state index contributed by atoms with van der Waals surface area (Å²) in [6.45, 7) is 1.67. The topological polar surface area (TPSA) is 55.1 Å². The van der Waals surface area contributed by atoms with Crippen molar-refractivity contribution in [2.45, 2.75) is 13.0 Å². The lowest BCUT2D eigenvalue weighted by Crippen LogP contribution is -2.32. The molecule has 0 aliphatic heterocycles. The minimum Gasteiger partial charge on any atom is -0.352 e. The van der Waals surface area contributed by atoms with Gasteiger partial charge in [0.2, 0.25) is 0 Å². The molecule has 1 aromatic rings. The van der Waals surface area contributed by atoms with E-state index in [-0.39, 0.29) is 5.82 Å². The Hall–Kier alpha value is -1.58. The monoisotopic (exact) mass is 182 g/mol. The number of primary amides is 1. The molecule has 0 aliphatic carbocycles. The van der Waals surface area contributed by atoms with Gasteiger partial charge in [0.15, 0.2) is 0 Å². The lowest BCUT2D eigenvalue weighted by molar-refractivity contribution is 0.246. The number of nitrogens with one attached hydrogen (secondary N) is 1. The van der Waals surface area contributed by atoms with E-state index in [0.717, 1.165) is 0 Å². The Kier molecular flexibility index (Phi) is 2.84. The van der Waals surface area contributed by atoms with Gasteiger partial charge in [-0.05, 0) is 13.0 Å². The Bertz CT molecular complexity index is 314. The second-order valence-corrected chi connectivity index (χ2v) is 2.75. The van der Waals surface area contributed by atoms with Crippen LogP contribution in [0.2, 0.25) is 0 Å². The molecule has 13 heavy (non-hydrogen) atoms. The van der Waals surface area contributed by atoms with Gasteiger partial charge in [0, 0.05) is 5.56 Å². The van der Waals surface area contributed by atoms with E-state index in [1.165, 1.54) is 6.07 Å². The van der Waals surface area contributed by atoms with Crippen LogP contribution in [0.4, 0.5) is 9.18 Å². The van der Waals surface area contributed by atoms with Crippen LogP contribution in [0, 0.1) is 5.82 Å². The van der Waals surface area contributed by atoms with Crippen molar-refractivity contribution < 1.29 is 9.18 Å². The van der Waals surface area contributed by atoms with Gasteiger partial charge in [-0.1, -0.05) is 18.2 Å². The summed E-state index contributed by atoms with van der Waals surface area (Å²) in [5, 5.41) is 2.40. The first kappa shape index (κ1) is 9.51. The highest BCUT2D eigenvalue weighted by Gasteiger charge is 2.10. The smallest absolute Gasteiger partial charge is 0.312 e. The molecule has 70 valence electrons. The van der Waals surface area contributed by atoms with E-state index in [2.05, 4.69) is 5.32 Å². The zero-order chi connectivity index (χ0) is 9.84. The number of urea groups is 1. The van der Waals surface area contributed by atoms with Crippen LogP contribution in [0.1, 0.15) is 18.5 Å². The molecule has 4 heteroatoms. The Balaban J connectivity index is 2.82. The Morgan fingerprint density at radius 1 is 1.54 bits per heavy atom. The maximum Gasteiger partial charge on any atom is 0.312 e. The largest absolute Gasteiger partial charge is 0.352 e. The maximum atomic E-state index is 13.1. The van der Waals surface area contributed by atoms with Crippen molar-refractivity contribution in [2.75, 3.05) is 0 Å². The predicted molar refractivity (Wildman–Crippen MR) is 47.5 cm³/mol. The van der Waals surface area contributed by atoms with Crippen LogP contribution in [0.3, 0.4) is 0 Å². The second kappa shape index (κ2) is 3.89. The molecule has 0 saturated carbocycles. The molecule has 0 aromatic heterocycles. The number of carbonyl (C=O) groups is 1. The summed E-state index contributed by atoms with van der Waals surface area (Å²) >= 11 is 0. The summed E-state index contributed by atoms with van der Waals surface area (Å²) in [7, 11) is 0. The lowest BCUT2D eigenvalue weighted by Gasteiger charge is -2.12. The molecule has 0 saturated heterocycles. The van der Waals surface area contributed by atoms with Gasteiger partial charge in [0.05, 0.1) is 6.04 Å². The summed E-state index contributed by atoms with van der Waals surface area (Å²) < 4.78 is 13.1. The highest BCUT2D eigenvalue weighted by Crippen LogP contribution is 2.15. The SMILES string of the molecule is CC(NC(N)=O)c1ccccc1F. The Labute approximate surface area is 75.7 Å². The Morgan fingerprint density at radius 3 is 2.69 bits per heavy atom. The fraction of sp³-hybridized carbons (Fsp3) is 0.222. The van der Waals surface area contributed by atoms with Crippen LogP contribution in [-0.4, -0.2) is 6.03 Å². The summed E-state index contributed by atoms with van der Waals surface area (Å²) in [5.41, 5.74) is 5.34. The first-order chi connectivity index (χ1) is 6.11. The average Bonchev–Trinajstić information content (AvgIpc) is 2.03. The first-order valence-corrected chi connectivity index (χ1v) is 3.91. The summed E-state index contributed by atoms with van der Waals surface area (Å²) in [4.78, 5) is 10.5. The zero-order valence-electron chi connectivity index (χ0n) is 7.25. The molecule has 0 fully saturated rings. The predicted octanol–water partition coefficient (Wildman–Crippen LogP) is 1.56. The van der Waals surface area contributed by atoms with Gasteiger partial charge in [-0.25, -0.2) is 9.18 Å². The Morgan fingerprint density at radius 2 is 2.15 bits per heavy atom. The van der Waals surface area contributed by atoms with E-state index in [1.54, 1.807) is 25.1 Å². The lowest BCUT2D eigenvalue weighted by atomic mass is 10.1. The number of nitrogens with two attached hydrogens (primary N) is 1. The van der Waals surface area contributed by atoms with Crippen molar-refractivity contribution in [3.8, 4) is 0 Å². The summed E-state index contributed by atoms with van der Waals surface area (Å²) in [6, 6.07) is 5.19. The number of benzene rings is 1. The van der Waals surface area contributed by atoms with Gasteiger partial charge in [-0.15, -0.1) is 0 Å². The fourth-order valence-corrected chi connectivity index (χ4v) is 1.12. The van der Waals surface area contributed by atoms with Crippen molar-refractivity contribution >= 4 is 6.03 Å². The van der Waals surface area contributed by atoms with Gasteiger partial charge >= 0.3 is 6.03 Å². The highest BCUT2D eigenvalue weighted by molar-refractivity contribution is 5.72. The quantitative estimate of drug-likeness (QED) is 0.716. The molecule has 1 atom stereocenters. The molecular weight excluding hydrogens is 171 g/mol. The fourth-order valence-electron chi connectivity index (χ4n) is 1.12. The van der Waals surface area contributed by atoms with E-state index in [4.69, 9.17) is 5.73 Å². The van der Waals surface area contributed by atoms with Crippen molar-refractivity contribution in [3.05, 3.63) is 35.6 Å². The molecule has 0 aliphatic rings. The van der Waals surface area contributed by atoms with E-state index in [1.807, 2.05) is 0 Å². The minimum atomic E-state index is -0.657. The van der Waals surface area contributed by atoms with E-state index in [9.17, 15) is 9.18 Å². The van der Waals surface area contributed by atoms with E-state index in [0.29, 0.717) is 5.56 Å². The maximum absolute atomic E-state index is 13.1. The number of rotatable bonds is 2. The van der Waals surface area contributed by atoms with Gasteiger partial charge in [-0.2, -0.15) is 0 Å². The van der Waals surface area contributed by atoms with Gasteiger partial charge in [0.1, 0.15) is 5.82 Å². The van der Waals surface area contributed by atoms with Crippen molar-refractivity contribution in [2.24, 2.45) is 5.73 Å². The van der Waals surface area contributed by atoms with Crippen molar-refractivity contribution in [1.82, 2.24) is 5.32 Å².